The lowest BCUT2D eigenvalue weighted by atomic mass is 10.2. The molecule has 0 spiro atoms. The average Bonchev–Trinajstić information content (AvgIpc) is 2.61. The maximum atomic E-state index is 13.9. The maximum absolute atomic E-state index is 13.9. The minimum atomic E-state index is -0.404. The molecule has 0 unspecified atom stereocenters. The van der Waals surface area contributed by atoms with Gasteiger partial charge in [-0.05, 0) is 25.1 Å². The monoisotopic (exact) mass is 346 g/mol. The van der Waals surface area contributed by atoms with E-state index in [-0.39, 0.29) is 16.4 Å². The molecule has 0 aliphatic carbocycles. The fourth-order valence-electron chi connectivity index (χ4n) is 3.02. The van der Waals surface area contributed by atoms with Crippen molar-refractivity contribution in [2.45, 2.75) is 6.92 Å². The van der Waals surface area contributed by atoms with Crippen molar-refractivity contribution >= 4 is 17.2 Å². The molecular weight excluding hydrogens is 327 g/mol. The molecule has 1 aromatic carbocycles. The van der Waals surface area contributed by atoms with Crippen LogP contribution in [-0.2, 0) is 0 Å². The molecule has 7 nitrogen and oxygen atoms in total. The first kappa shape index (κ1) is 16.9. The molecule has 2 aromatic rings. The Balaban J connectivity index is 1.76. The molecule has 1 fully saturated rings. The number of anilines is 2. The zero-order valence-corrected chi connectivity index (χ0v) is 14.1. The summed E-state index contributed by atoms with van der Waals surface area (Å²) in [6.07, 6.45) is 1.59. The van der Waals surface area contributed by atoms with Gasteiger partial charge >= 0.3 is 5.69 Å². The highest BCUT2D eigenvalue weighted by atomic mass is 19.1. The third kappa shape index (κ3) is 3.33. The Kier molecular flexibility index (Phi) is 4.69. The predicted molar refractivity (Wildman–Crippen MR) is 93.0 cm³/mol. The van der Waals surface area contributed by atoms with Crippen LogP contribution in [0.3, 0.4) is 0 Å². The number of pyridine rings is 1. The van der Waals surface area contributed by atoms with Gasteiger partial charge in [0.1, 0.15) is 0 Å². The number of benzene rings is 1. The largest absolute Gasteiger partial charge is 0.494 e. The standard InChI is InChI=1S/C17H19FN4O3/c1-12-5-6-19-17(16(12)22(23)24)21-9-7-20(8-10-21)13-3-4-15(25-2)14(18)11-13/h3-6,11H,7-10H2,1-2H3. The smallest absolute Gasteiger partial charge is 0.314 e. The Morgan fingerprint density at radius 2 is 1.88 bits per heavy atom. The van der Waals surface area contributed by atoms with E-state index in [4.69, 9.17) is 4.74 Å². The molecule has 1 saturated heterocycles. The normalized spacial score (nSPS) is 14.5. The number of aromatic nitrogens is 1. The van der Waals surface area contributed by atoms with Crippen molar-refractivity contribution in [3.05, 3.63) is 52.0 Å². The molecule has 1 aliphatic rings. The van der Waals surface area contributed by atoms with Gasteiger partial charge in [0.25, 0.3) is 0 Å². The summed E-state index contributed by atoms with van der Waals surface area (Å²) in [5, 5.41) is 11.3. The Bertz CT molecular complexity index is 791. The number of nitrogens with zero attached hydrogens (tertiary/aromatic N) is 4. The highest BCUT2D eigenvalue weighted by Gasteiger charge is 2.27. The third-order valence-electron chi connectivity index (χ3n) is 4.37. The van der Waals surface area contributed by atoms with Crippen molar-refractivity contribution in [2.75, 3.05) is 43.1 Å². The van der Waals surface area contributed by atoms with Crippen LogP contribution in [0, 0.1) is 22.9 Å². The lowest BCUT2D eigenvalue weighted by Gasteiger charge is -2.36. The molecule has 0 saturated carbocycles. The summed E-state index contributed by atoms with van der Waals surface area (Å²) >= 11 is 0. The van der Waals surface area contributed by atoms with Crippen LogP contribution in [-0.4, -0.2) is 43.2 Å². The summed E-state index contributed by atoms with van der Waals surface area (Å²) in [6, 6.07) is 6.49. The number of methoxy groups -OCH3 is 1. The van der Waals surface area contributed by atoms with Crippen molar-refractivity contribution in [3.63, 3.8) is 0 Å². The number of rotatable bonds is 4. The van der Waals surface area contributed by atoms with E-state index in [1.54, 1.807) is 25.3 Å². The summed E-state index contributed by atoms with van der Waals surface area (Å²) < 4.78 is 18.8. The molecule has 8 heteroatoms. The van der Waals surface area contributed by atoms with Gasteiger partial charge in [-0.3, -0.25) is 10.1 Å². The second-order valence-corrected chi connectivity index (χ2v) is 5.85. The lowest BCUT2D eigenvalue weighted by Crippen LogP contribution is -2.47. The van der Waals surface area contributed by atoms with E-state index in [1.165, 1.54) is 13.2 Å². The summed E-state index contributed by atoms with van der Waals surface area (Å²) in [5.74, 6) is 0.200. The number of hydrogen-bond donors (Lipinski definition) is 0. The van der Waals surface area contributed by atoms with Crippen LogP contribution in [0.15, 0.2) is 30.5 Å². The van der Waals surface area contributed by atoms with E-state index in [2.05, 4.69) is 4.98 Å². The number of aryl methyl sites for hydroxylation is 1. The first-order valence-electron chi connectivity index (χ1n) is 7.94. The van der Waals surface area contributed by atoms with Gasteiger partial charge in [0.05, 0.1) is 12.0 Å². The van der Waals surface area contributed by atoms with E-state index < -0.39 is 5.82 Å². The van der Waals surface area contributed by atoms with Crippen molar-refractivity contribution in [1.82, 2.24) is 4.98 Å². The molecule has 0 atom stereocenters. The van der Waals surface area contributed by atoms with E-state index in [9.17, 15) is 14.5 Å². The molecule has 1 aromatic heterocycles. The van der Waals surface area contributed by atoms with E-state index in [0.717, 1.165) is 5.69 Å². The van der Waals surface area contributed by atoms with Gasteiger partial charge in [0.15, 0.2) is 11.6 Å². The summed E-state index contributed by atoms with van der Waals surface area (Å²) in [5.41, 5.74) is 1.41. The highest BCUT2D eigenvalue weighted by molar-refractivity contribution is 5.62. The SMILES string of the molecule is COc1ccc(N2CCN(c3nccc(C)c3[N+](=O)[O-])CC2)cc1F. The van der Waals surface area contributed by atoms with Crippen molar-refractivity contribution in [2.24, 2.45) is 0 Å². The third-order valence-corrected chi connectivity index (χ3v) is 4.37. The lowest BCUT2D eigenvalue weighted by molar-refractivity contribution is -0.384. The van der Waals surface area contributed by atoms with Crippen LogP contribution in [0.4, 0.5) is 21.6 Å². The number of nitro groups is 1. The van der Waals surface area contributed by atoms with Gasteiger partial charge in [-0.1, -0.05) is 0 Å². The summed E-state index contributed by atoms with van der Waals surface area (Å²) in [4.78, 5) is 19.1. The second kappa shape index (κ2) is 6.92. The van der Waals surface area contributed by atoms with E-state index in [1.807, 2.05) is 15.9 Å². The van der Waals surface area contributed by atoms with Gasteiger partial charge in [0.2, 0.25) is 5.82 Å². The number of halogens is 1. The van der Waals surface area contributed by atoms with Crippen LogP contribution in [0.5, 0.6) is 5.75 Å². The molecule has 0 amide bonds. The van der Waals surface area contributed by atoms with Crippen LogP contribution in [0.1, 0.15) is 5.56 Å². The molecule has 132 valence electrons. The van der Waals surface area contributed by atoms with Crippen molar-refractivity contribution < 1.29 is 14.1 Å². The van der Waals surface area contributed by atoms with E-state index >= 15 is 0 Å². The first-order chi connectivity index (χ1) is 12.0. The van der Waals surface area contributed by atoms with Crippen molar-refractivity contribution in [1.29, 1.82) is 0 Å². The number of ether oxygens (including phenoxy) is 1. The van der Waals surface area contributed by atoms with Crippen molar-refractivity contribution in [3.8, 4) is 5.75 Å². The van der Waals surface area contributed by atoms with E-state index in [0.29, 0.717) is 37.6 Å². The molecule has 0 N–H and O–H groups in total. The molecule has 0 bridgehead atoms. The predicted octanol–water partition coefficient (Wildman–Crippen LogP) is 2.77. The van der Waals surface area contributed by atoms with Crippen LogP contribution >= 0.6 is 0 Å². The Labute approximate surface area is 144 Å². The molecular formula is C17H19FN4O3. The maximum Gasteiger partial charge on any atom is 0.314 e. The fraction of sp³-hybridized carbons (Fsp3) is 0.353. The van der Waals surface area contributed by atoms with Gasteiger partial charge in [0, 0.05) is 49.7 Å². The Hall–Kier alpha value is -2.90. The highest BCUT2D eigenvalue weighted by Crippen LogP contribution is 2.30. The zero-order chi connectivity index (χ0) is 18.0. The minimum Gasteiger partial charge on any atom is -0.494 e. The minimum absolute atomic E-state index is 0.0476. The summed E-state index contributed by atoms with van der Waals surface area (Å²) in [6.45, 7) is 4.10. The topological polar surface area (TPSA) is 71.7 Å². The molecule has 0 radical (unpaired) electrons. The molecule has 25 heavy (non-hydrogen) atoms. The number of piperazine rings is 1. The molecule has 3 rings (SSSR count). The molecule has 2 heterocycles. The zero-order valence-electron chi connectivity index (χ0n) is 14.1. The average molecular weight is 346 g/mol. The first-order valence-corrected chi connectivity index (χ1v) is 7.94. The van der Waals surface area contributed by atoms with Crippen LogP contribution in [0.2, 0.25) is 0 Å². The number of hydrogen-bond acceptors (Lipinski definition) is 6. The summed E-state index contributed by atoms with van der Waals surface area (Å²) in [7, 11) is 1.43. The van der Waals surface area contributed by atoms with Gasteiger partial charge < -0.3 is 14.5 Å². The Morgan fingerprint density at radius 1 is 1.20 bits per heavy atom. The fourth-order valence-corrected chi connectivity index (χ4v) is 3.02. The Morgan fingerprint density at radius 3 is 2.48 bits per heavy atom. The van der Waals surface area contributed by atoms with Crippen LogP contribution < -0.4 is 14.5 Å². The molecule has 1 aliphatic heterocycles. The second-order valence-electron chi connectivity index (χ2n) is 5.85. The van der Waals surface area contributed by atoms with Crippen LogP contribution in [0.25, 0.3) is 0 Å². The quantitative estimate of drug-likeness (QED) is 0.626. The van der Waals surface area contributed by atoms with Gasteiger partial charge in [-0.2, -0.15) is 0 Å². The van der Waals surface area contributed by atoms with Gasteiger partial charge in [-0.15, -0.1) is 0 Å². The van der Waals surface area contributed by atoms with Gasteiger partial charge in [-0.25, -0.2) is 9.37 Å².